The largest absolute Gasteiger partial charge is 0.544 e. The number of unbranched alkanes of at least 4 members (excludes halogenated alkanes) is 29. The van der Waals surface area contributed by atoms with Crippen LogP contribution >= 0.6 is 0 Å². The van der Waals surface area contributed by atoms with Gasteiger partial charge in [-0.2, -0.15) is 0 Å². The van der Waals surface area contributed by atoms with Crippen molar-refractivity contribution in [3.63, 3.8) is 0 Å². The van der Waals surface area contributed by atoms with E-state index in [2.05, 4.69) is 26.0 Å². The number of aliphatic carboxylic acids is 1. The Morgan fingerprint density at radius 1 is 0.500 bits per heavy atom. The number of hydrogen-bond donors (Lipinski definition) is 0. The number of esters is 2. The van der Waals surface area contributed by atoms with Gasteiger partial charge in [-0.15, -0.1) is 0 Å². The third-order valence-electron chi connectivity index (χ3n) is 11.4. The highest BCUT2D eigenvalue weighted by atomic mass is 16.6. The summed E-state index contributed by atoms with van der Waals surface area (Å²) >= 11 is 0. The number of allylic oxidation sites excluding steroid dienone is 2. The maximum absolute atomic E-state index is 12.7. The van der Waals surface area contributed by atoms with Crippen LogP contribution in [0.2, 0.25) is 0 Å². The molecule has 0 aromatic rings. The molecule has 0 bridgehead atoms. The van der Waals surface area contributed by atoms with Crippen LogP contribution in [-0.4, -0.2) is 75.5 Å². The van der Waals surface area contributed by atoms with Crippen molar-refractivity contribution in [3.8, 4) is 0 Å². The van der Waals surface area contributed by atoms with Gasteiger partial charge in [0.25, 0.3) is 0 Å². The van der Waals surface area contributed by atoms with Crippen LogP contribution in [0.4, 0.5) is 0 Å². The summed E-state index contributed by atoms with van der Waals surface area (Å²) < 4.78 is 17.2. The Hall–Kier alpha value is -1.93. The molecule has 2 unspecified atom stereocenters. The first kappa shape index (κ1) is 56.1. The highest BCUT2D eigenvalue weighted by Gasteiger charge is 2.25. The van der Waals surface area contributed by atoms with Crippen molar-refractivity contribution >= 4 is 17.9 Å². The highest BCUT2D eigenvalue weighted by molar-refractivity contribution is 5.70. The number of nitrogens with zero attached hydrogens (tertiary/aromatic N) is 1. The Balaban J connectivity index is 4.14. The van der Waals surface area contributed by atoms with Gasteiger partial charge in [-0.05, 0) is 38.5 Å². The maximum atomic E-state index is 12.7. The molecule has 0 rings (SSSR count). The van der Waals surface area contributed by atoms with Crippen LogP contribution in [0.5, 0.6) is 0 Å². The van der Waals surface area contributed by atoms with Crippen LogP contribution in [0, 0.1) is 0 Å². The van der Waals surface area contributed by atoms with Crippen molar-refractivity contribution in [2.75, 3.05) is 41.0 Å². The van der Waals surface area contributed by atoms with E-state index in [0.717, 1.165) is 38.5 Å². The molecule has 8 nitrogen and oxygen atoms in total. The van der Waals surface area contributed by atoms with Crippen molar-refractivity contribution in [2.45, 2.75) is 251 Å². The Labute approximate surface area is 359 Å². The Morgan fingerprint density at radius 3 is 1.24 bits per heavy atom. The first-order valence-electron chi connectivity index (χ1n) is 24.7. The van der Waals surface area contributed by atoms with E-state index < -0.39 is 18.1 Å². The van der Waals surface area contributed by atoms with Gasteiger partial charge in [0.1, 0.15) is 12.6 Å². The molecule has 0 saturated carbocycles. The number of ether oxygens (including phenoxy) is 3. The van der Waals surface area contributed by atoms with Crippen LogP contribution < -0.4 is 5.11 Å². The number of carbonyl (C=O) groups excluding carboxylic acids is 3. The molecule has 2 atom stereocenters. The van der Waals surface area contributed by atoms with E-state index in [-0.39, 0.29) is 42.7 Å². The summed E-state index contributed by atoms with van der Waals surface area (Å²) in [5.74, 6) is -1.72. The van der Waals surface area contributed by atoms with Gasteiger partial charge < -0.3 is 28.6 Å². The van der Waals surface area contributed by atoms with E-state index in [1.807, 2.05) is 0 Å². The van der Waals surface area contributed by atoms with Crippen molar-refractivity contribution in [2.24, 2.45) is 0 Å². The second-order valence-electron chi connectivity index (χ2n) is 18.1. The molecule has 0 N–H and O–H groups in total. The lowest BCUT2D eigenvalue weighted by Crippen LogP contribution is -2.55. The van der Waals surface area contributed by atoms with Crippen LogP contribution in [0.25, 0.3) is 0 Å². The molecule has 0 heterocycles. The average Bonchev–Trinajstić information content (AvgIpc) is 3.18. The second-order valence-corrected chi connectivity index (χ2v) is 18.1. The molecule has 342 valence electrons. The maximum Gasteiger partial charge on any atom is 0.306 e. The van der Waals surface area contributed by atoms with Gasteiger partial charge >= 0.3 is 11.9 Å². The first-order valence-corrected chi connectivity index (χ1v) is 24.7. The van der Waals surface area contributed by atoms with E-state index in [9.17, 15) is 19.5 Å². The summed E-state index contributed by atoms with van der Waals surface area (Å²) in [7, 11) is 5.42. The minimum atomic E-state index is -1.12. The number of rotatable bonds is 45. The van der Waals surface area contributed by atoms with E-state index in [1.165, 1.54) is 167 Å². The number of carbonyl (C=O) groups is 3. The lowest BCUT2D eigenvalue weighted by molar-refractivity contribution is -0.889. The van der Waals surface area contributed by atoms with E-state index in [4.69, 9.17) is 14.2 Å². The number of hydrogen-bond acceptors (Lipinski definition) is 7. The van der Waals surface area contributed by atoms with Gasteiger partial charge in [0.2, 0.25) is 0 Å². The molecule has 0 spiro atoms. The fourth-order valence-corrected chi connectivity index (χ4v) is 7.54. The van der Waals surface area contributed by atoms with Gasteiger partial charge in [0.05, 0.1) is 40.3 Å². The topological polar surface area (TPSA) is 102 Å². The highest BCUT2D eigenvalue weighted by Crippen LogP contribution is 2.16. The predicted octanol–water partition coefficient (Wildman–Crippen LogP) is 12.5. The van der Waals surface area contributed by atoms with E-state index in [0.29, 0.717) is 12.8 Å². The predicted molar refractivity (Wildman–Crippen MR) is 241 cm³/mol. The third kappa shape index (κ3) is 39.5. The van der Waals surface area contributed by atoms with Crippen LogP contribution in [0.3, 0.4) is 0 Å². The van der Waals surface area contributed by atoms with Crippen LogP contribution in [0.1, 0.15) is 239 Å². The van der Waals surface area contributed by atoms with Crippen LogP contribution in [-0.2, 0) is 28.6 Å². The summed E-state index contributed by atoms with van der Waals surface area (Å²) in [5.41, 5.74) is 0. The number of likely N-dealkylation sites (N-methyl/N-ethyl adjacent to an activating group) is 1. The van der Waals surface area contributed by atoms with Gasteiger partial charge in [0.15, 0.2) is 6.10 Å². The molecule has 0 radical (unpaired) electrons. The smallest absolute Gasteiger partial charge is 0.306 e. The minimum Gasteiger partial charge on any atom is -0.544 e. The van der Waals surface area contributed by atoms with E-state index >= 15 is 0 Å². The zero-order chi connectivity index (χ0) is 42.8. The quantitative estimate of drug-likeness (QED) is 0.0261. The number of carboxylic acid groups (broad SMARTS) is 1. The Morgan fingerprint density at radius 2 is 0.862 bits per heavy atom. The van der Waals surface area contributed by atoms with Crippen LogP contribution in [0.15, 0.2) is 12.2 Å². The molecule has 8 heteroatoms. The first-order chi connectivity index (χ1) is 28.1. The van der Waals surface area contributed by atoms with Gasteiger partial charge in [-0.3, -0.25) is 9.59 Å². The molecule has 0 amide bonds. The molecule has 0 fully saturated rings. The minimum absolute atomic E-state index is 0.0451. The SMILES string of the molecule is CCCCCCCCCCCCCC/C=C/CCCCCCCCCC(=O)OCC(COCCC(C(=O)[O-])[N+](C)(C)C)OC(=O)CCCCCCCCCCCCC. The fraction of sp³-hybridized carbons (Fsp3) is 0.900. The fourth-order valence-electron chi connectivity index (χ4n) is 7.54. The Kier molecular flexibility index (Phi) is 40.4. The van der Waals surface area contributed by atoms with Gasteiger partial charge in [-0.1, -0.05) is 193 Å². The van der Waals surface area contributed by atoms with Crippen molar-refractivity contribution in [1.82, 2.24) is 0 Å². The molecular formula is C50H95NO7. The van der Waals surface area contributed by atoms with Crippen molar-refractivity contribution < 1.29 is 38.2 Å². The zero-order valence-corrected chi connectivity index (χ0v) is 39.0. The summed E-state index contributed by atoms with van der Waals surface area (Å²) in [4.78, 5) is 36.9. The average molecular weight is 822 g/mol. The van der Waals surface area contributed by atoms with Gasteiger partial charge in [-0.25, -0.2) is 0 Å². The van der Waals surface area contributed by atoms with Crippen molar-refractivity contribution in [1.29, 1.82) is 0 Å². The molecule has 0 aromatic heterocycles. The third-order valence-corrected chi connectivity index (χ3v) is 11.4. The normalized spacial score (nSPS) is 12.9. The standard InChI is InChI=1S/C50H95NO7/c1-6-8-10-12-14-16-18-19-20-21-22-23-24-25-26-27-28-29-31-32-34-36-38-40-48(52)57-45-46(44-56-43-42-47(50(54)55)51(3,4)5)58-49(53)41-39-37-35-33-30-17-15-13-11-9-7-2/h25-26,46-47H,6-24,27-45H2,1-5H3/b26-25+. The molecule has 0 aliphatic carbocycles. The number of quaternary nitrogens is 1. The lowest BCUT2D eigenvalue weighted by Gasteiger charge is -2.34. The number of carboxylic acids is 1. The molecular weight excluding hydrogens is 727 g/mol. The zero-order valence-electron chi connectivity index (χ0n) is 39.0. The molecule has 58 heavy (non-hydrogen) atoms. The summed E-state index contributed by atoms with van der Waals surface area (Å²) in [6, 6.07) is -0.722. The van der Waals surface area contributed by atoms with E-state index in [1.54, 1.807) is 21.1 Å². The van der Waals surface area contributed by atoms with Gasteiger partial charge in [0, 0.05) is 19.3 Å². The Bertz CT molecular complexity index is 962. The summed E-state index contributed by atoms with van der Waals surface area (Å²) in [6.45, 7) is 4.68. The second kappa shape index (κ2) is 41.8. The van der Waals surface area contributed by atoms with Crippen molar-refractivity contribution in [3.05, 3.63) is 12.2 Å². The molecule has 0 aromatic carbocycles. The summed E-state index contributed by atoms with van der Waals surface area (Å²) in [5, 5.41) is 11.6. The molecule has 0 aliphatic heterocycles. The monoisotopic (exact) mass is 822 g/mol. The summed E-state index contributed by atoms with van der Waals surface area (Å²) in [6.07, 6.45) is 45.3. The molecule has 0 aliphatic rings. The lowest BCUT2D eigenvalue weighted by atomic mass is 10.0. The molecule has 0 saturated heterocycles.